The molecule has 0 radical (unpaired) electrons. The molecule has 5 heteroatoms. The van der Waals surface area contributed by atoms with Crippen molar-refractivity contribution < 1.29 is 19.8 Å². The number of hydrogen-bond acceptors (Lipinski definition) is 4. The summed E-state index contributed by atoms with van der Waals surface area (Å²) in [5.41, 5.74) is -1.89. The van der Waals surface area contributed by atoms with Gasteiger partial charge in [0, 0.05) is 5.41 Å². The van der Waals surface area contributed by atoms with Crippen LogP contribution in [0.2, 0.25) is 0 Å². The maximum atomic E-state index is 9.93. The zero-order chi connectivity index (χ0) is 7.65. The average molecular weight is 154 g/mol. The van der Waals surface area contributed by atoms with Crippen LogP contribution in [0.3, 0.4) is 0 Å². The van der Waals surface area contributed by atoms with Gasteiger partial charge in [-0.1, -0.05) is 0 Å². The van der Waals surface area contributed by atoms with Gasteiger partial charge in [-0.15, -0.1) is 0 Å². The first kappa shape index (κ1) is 12.4. The quantitative estimate of drug-likeness (QED) is 0.316. The van der Waals surface area contributed by atoms with Crippen molar-refractivity contribution in [1.29, 1.82) is 0 Å². The van der Waals surface area contributed by atoms with Gasteiger partial charge in [0.1, 0.15) is 0 Å². The molecule has 0 N–H and O–H groups in total. The zero-order valence-corrected chi connectivity index (χ0v) is 7.25. The molecule has 0 aliphatic carbocycles. The van der Waals surface area contributed by atoms with Gasteiger partial charge < -0.3 is 19.8 Å². The van der Waals surface area contributed by atoms with Gasteiger partial charge in [0.15, 0.2) is 0 Å². The molecular formula is C5H6MgO4. The van der Waals surface area contributed by atoms with E-state index in [-0.39, 0.29) is 23.1 Å². The molecule has 0 bridgehead atoms. The van der Waals surface area contributed by atoms with Gasteiger partial charge in [0.05, 0.1) is 11.9 Å². The van der Waals surface area contributed by atoms with Gasteiger partial charge in [-0.25, -0.2) is 0 Å². The fourth-order valence-corrected chi connectivity index (χ4v) is 0.0833. The fraction of sp³-hybridized carbons (Fsp3) is 0.600. The van der Waals surface area contributed by atoms with Crippen molar-refractivity contribution in [2.75, 3.05) is 0 Å². The van der Waals surface area contributed by atoms with Crippen molar-refractivity contribution >= 4 is 35.0 Å². The van der Waals surface area contributed by atoms with Crippen LogP contribution in [0, 0.1) is 5.41 Å². The minimum absolute atomic E-state index is 0. The first-order valence-electron chi connectivity index (χ1n) is 2.32. The Hall–Kier alpha value is -0.294. The van der Waals surface area contributed by atoms with Crippen LogP contribution >= 0.6 is 0 Å². The van der Waals surface area contributed by atoms with E-state index in [1.807, 2.05) is 0 Å². The molecule has 10 heavy (non-hydrogen) atoms. The Labute approximate surface area is 74.4 Å². The smallest absolute Gasteiger partial charge is 0.549 e. The summed E-state index contributed by atoms with van der Waals surface area (Å²) in [6.45, 7) is 2.02. The number of carboxylic acid groups (broad SMARTS) is 2. The van der Waals surface area contributed by atoms with Crippen molar-refractivity contribution in [2.45, 2.75) is 13.8 Å². The van der Waals surface area contributed by atoms with Crippen LogP contribution in [-0.2, 0) is 9.59 Å². The van der Waals surface area contributed by atoms with Gasteiger partial charge in [-0.05, 0) is 13.8 Å². The molecule has 0 saturated carbocycles. The van der Waals surface area contributed by atoms with Crippen LogP contribution in [0.25, 0.3) is 0 Å². The summed E-state index contributed by atoms with van der Waals surface area (Å²) >= 11 is 0. The van der Waals surface area contributed by atoms with E-state index < -0.39 is 17.4 Å². The number of carbonyl (C=O) groups excluding carboxylic acids is 2. The molecule has 0 heterocycles. The third kappa shape index (κ3) is 2.53. The van der Waals surface area contributed by atoms with Gasteiger partial charge in [-0.3, -0.25) is 0 Å². The van der Waals surface area contributed by atoms with Gasteiger partial charge in [-0.2, -0.15) is 0 Å². The summed E-state index contributed by atoms with van der Waals surface area (Å²) in [6, 6.07) is 0. The van der Waals surface area contributed by atoms with E-state index in [1.165, 1.54) is 0 Å². The van der Waals surface area contributed by atoms with Crippen molar-refractivity contribution in [3.05, 3.63) is 0 Å². The molecule has 0 aromatic rings. The number of rotatable bonds is 2. The molecule has 0 atom stereocenters. The number of carboxylic acids is 2. The third-order valence-corrected chi connectivity index (χ3v) is 1.02. The first-order chi connectivity index (χ1) is 3.89. The van der Waals surface area contributed by atoms with Crippen molar-refractivity contribution in [1.82, 2.24) is 0 Å². The minimum atomic E-state index is -1.89. The third-order valence-electron chi connectivity index (χ3n) is 1.02. The summed E-state index contributed by atoms with van der Waals surface area (Å²) in [5, 5.41) is 19.9. The van der Waals surface area contributed by atoms with Crippen LogP contribution in [0.4, 0.5) is 0 Å². The topological polar surface area (TPSA) is 80.3 Å². The molecular weight excluding hydrogens is 148 g/mol. The zero-order valence-electron chi connectivity index (χ0n) is 5.84. The molecule has 0 spiro atoms. The Balaban J connectivity index is 0. The Morgan fingerprint density at radius 2 is 1.30 bits per heavy atom. The van der Waals surface area contributed by atoms with E-state index >= 15 is 0 Å². The molecule has 0 amide bonds. The Morgan fingerprint density at radius 1 is 1.10 bits per heavy atom. The Bertz CT molecular complexity index is 136. The average Bonchev–Trinajstić information content (AvgIpc) is 1.65. The van der Waals surface area contributed by atoms with Gasteiger partial charge in [0.25, 0.3) is 0 Å². The first-order valence-corrected chi connectivity index (χ1v) is 2.32. The van der Waals surface area contributed by atoms with Crippen LogP contribution in [0.15, 0.2) is 0 Å². The molecule has 0 aromatic heterocycles. The van der Waals surface area contributed by atoms with E-state index in [2.05, 4.69) is 0 Å². The van der Waals surface area contributed by atoms with E-state index in [1.54, 1.807) is 0 Å². The normalized spacial score (nSPS) is 9.80. The summed E-state index contributed by atoms with van der Waals surface area (Å²) < 4.78 is 0. The van der Waals surface area contributed by atoms with Crippen molar-refractivity contribution in [3.63, 3.8) is 0 Å². The van der Waals surface area contributed by atoms with Gasteiger partial charge >= 0.3 is 23.1 Å². The van der Waals surface area contributed by atoms with Gasteiger partial charge in [0.2, 0.25) is 0 Å². The van der Waals surface area contributed by atoms with Crippen LogP contribution in [-0.4, -0.2) is 35.0 Å². The standard InChI is InChI=1S/C5H8O4.Mg/c1-5(2,3(6)7)4(8)9;/h1-2H3,(H,6,7)(H,8,9);/q;+2/p-2. The van der Waals surface area contributed by atoms with Crippen molar-refractivity contribution in [3.8, 4) is 0 Å². The largest absolute Gasteiger partial charge is 2.00 e. The number of hydrogen-bond donors (Lipinski definition) is 0. The second-order valence-electron chi connectivity index (χ2n) is 2.20. The summed E-state index contributed by atoms with van der Waals surface area (Å²) in [6.07, 6.45) is 0. The van der Waals surface area contributed by atoms with Crippen LogP contribution in [0.1, 0.15) is 13.8 Å². The summed E-state index contributed by atoms with van der Waals surface area (Å²) in [5.74, 6) is -3.27. The minimum Gasteiger partial charge on any atom is -0.549 e. The SMILES string of the molecule is CC(C)(C(=O)[O-])C(=O)[O-].[Mg+2]. The van der Waals surface area contributed by atoms with Crippen LogP contribution < -0.4 is 10.2 Å². The molecule has 0 aliphatic heterocycles. The Morgan fingerprint density at radius 3 is 1.30 bits per heavy atom. The predicted molar refractivity (Wildman–Crippen MR) is 29.5 cm³/mol. The number of aliphatic carboxylic acids is 2. The van der Waals surface area contributed by atoms with Crippen molar-refractivity contribution in [2.24, 2.45) is 5.41 Å². The fourth-order valence-electron chi connectivity index (χ4n) is 0.0833. The summed E-state index contributed by atoms with van der Waals surface area (Å²) in [7, 11) is 0. The molecule has 0 rings (SSSR count). The predicted octanol–water partition coefficient (Wildman–Crippen LogP) is -2.87. The molecule has 4 nitrogen and oxygen atoms in total. The molecule has 0 aliphatic rings. The van der Waals surface area contributed by atoms with E-state index in [0.29, 0.717) is 0 Å². The molecule has 0 unspecified atom stereocenters. The Kier molecular flexibility index (Phi) is 4.67. The molecule has 0 saturated heterocycles. The monoisotopic (exact) mass is 154 g/mol. The van der Waals surface area contributed by atoms with E-state index in [0.717, 1.165) is 13.8 Å². The molecule has 0 fully saturated rings. The second kappa shape index (κ2) is 3.77. The number of carbonyl (C=O) groups is 2. The maximum Gasteiger partial charge on any atom is 2.00 e. The maximum absolute atomic E-state index is 9.93. The summed E-state index contributed by atoms with van der Waals surface area (Å²) in [4.78, 5) is 19.9. The van der Waals surface area contributed by atoms with E-state index in [4.69, 9.17) is 0 Å². The van der Waals surface area contributed by atoms with E-state index in [9.17, 15) is 19.8 Å². The molecule has 52 valence electrons. The second-order valence-corrected chi connectivity index (χ2v) is 2.20. The molecule has 0 aromatic carbocycles. The van der Waals surface area contributed by atoms with Crippen LogP contribution in [0.5, 0.6) is 0 Å².